The van der Waals surface area contributed by atoms with E-state index >= 15 is 0 Å². The van der Waals surface area contributed by atoms with Crippen molar-refractivity contribution in [3.63, 3.8) is 0 Å². The number of fused-ring (bicyclic) bond motifs is 4. The van der Waals surface area contributed by atoms with E-state index in [4.69, 9.17) is 19.4 Å². The second kappa shape index (κ2) is 11.2. The predicted octanol–water partition coefficient (Wildman–Crippen LogP) is 11.3. The van der Waals surface area contributed by atoms with E-state index in [9.17, 15) is 0 Å². The first-order valence-corrected chi connectivity index (χ1v) is 15.7. The smallest absolute Gasteiger partial charge is 0.164 e. The largest absolute Gasteiger partial charge is 0.456 e. The van der Waals surface area contributed by atoms with Gasteiger partial charge in [-0.25, -0.2) is 15.0 Å². The highest BCUT2D eigenvalue weighted by atomic mass is 16.3. The van der Waals surface area contributed by atoms with Crippen LogP contribution in [-0.2, 0) is 0 Å². The molecule has 4 heteroatoms. The predicted molar refractivity (Wildman–Crippen MR) is 192 cm³/mol. The average Bonchev–Trinajstić information content (AvgIpc) is 3.54. The average molecular weight is 602 g/mol. The van der Waals surface area contributed by atoms with Gasteiger partial charge in [0.1, 0.15) is 11.2 Å². The van der Waals surface area contributed by atoms with Gasteiger partial charge in [-0.15, -0.1) is 0 Å². The van der Waals surface area contributed by atoms with E-state index in [-0.39, 0.29) is 0 Å². The summed E-state index contributed by atoms with van der Waals surface area (Å²) in [6.07, 6.45) is 0. The van der Waals surface area contributed by atoms with Gasteiger partial charge in [-0.2, -0.15) is 0 Å². The van der Waals surface area contributed by atoms with Crippen LogP contribution in [0.25, 0.3) is 89.1 Å². The normalized spacial score (nSPS) is 11.4. The fourth-order valence-electron chi connectivity index (χ4n) is 6.35. The number of benzene rings is 7. The Labute approximate surface area is 271 Å². The van der Waals surface area contributed by atoms with Crippen LogP contribution < -0.4 is 0 Å². The topological polar surface area (TPSA) is 51.8 Å². The van der Waals surface area contributed by atoms with Crippen molar-refractivity contribution in [3.05, 3.63) is 164 Å². The molecule has 0 radical (unpaired) electrons. The maximum Gasteiger partial charge on any atom is 0.164 e. The highest BCUT2D eigenvalue weighted by Crippen LogP contribution is 2.37. The molecule has 0 spiro atoms. The van der Waals surface area contributed by atoms with Crippen LogP contribution in [0.5, 0.6) is 0 Å². The van der Waals surface area contributed by atoms with Crippen molar-refractivity contribution in [1.29, 1.82) is 0 Å². The molecule has 9 rings (SSSR count). The fraction of sp³-hybridized carbons (Fsp3) is 0. The van der Waals surface area contributed by atoms with Gasteiger partial charge in [-0.1, -0.05) is 146 Å². The molecular formula is C43H27N3O. The Kier molecular flexibility index (Phi) is 6.43. The first kappa shape index (κ1) is 27.0. The SMILES string of the molecule is c1ccc(-c2ccc(-c3nc(-c4ccc(-c5cccc6oc7ccccc7c56)cc4)nc(-c4ccc5ccccc5c4)n3)cc2)cc1. The van der Waals surface area contributed by atoms with Crippen molar-refractivity contribution >= 4 is 32.7 Å². The minimum absolute atomic E-state index is 0.629. The van der Waals surface area contributed by atoms with Crippen LogP contribution >= 0.6 is 0 Å². The molecule has 2 aromatic heterocycles. The van der Waals surface area contributed by atoms with Crippen LogP contribution in [-0.4, -0.2) is 15.0 Å². The molecule has 220 valence electrons. The number of hydrogen-bond donors (Lipinski definition) is 0. The molecule has 0 bridgehead atoms. The number of furan rings is 1. The maximum atomic E-state index is 6.15. The molecule has 0 fully saturated rings. The summed E-state index contributed by atoms with van der Waals surface area (Å²) in [5, 5.41) is 4.56. The highest BCUT2D eigenvalue weighted by molar-refractivity contribution is 6.12. The quantitative estimate of drug-likeness (QED) is 0.197. The van der Waals surface area contributed by atoms with Gasteiger partial charge in [0.15, 0.2) is 17.5 Å². The van der Waals surface area contributed by atoms with Gasteiger partial charge in [0.05, 0.1) is 0 Å². The van der Waals surface area contributed by atoms with Crippen molar-refractivity contribution in [2.75, 3.05) is 0 Å². The lowest BCUT2D eigenvalue weighted by Gasteiger charge is -2.10. The third-order valence-corrected chi connectivity index (χ3v) is 8.75. The lowest BCUT2D eigenvalue weighted by molar-refractivity contribution is 0.669. The number of nitrogens with zero attached hydrogens (tertiary/aromatic N) is 3. The van der Waals surface area contributed by atoms with Crippen molar-refractivity contribution in [3.8, 4) is 56.4 Å². The van der Waals surface area contributed by atoms with Gasteiger partial charge in [-0.05, 0) is 51.2 Å². The molecule has 0 N–H and O–H groups in total. The summed E-state index contributed by atoms with van der Waals surface area (Å²) < 4.78 is 6.15. The van der Waals surface area contributed by atoms with Gasteiger partial charge < -0.3 is 4.42 Å². The highest BCUT2D eigenvalue weighted by Gasteiger charge is 2.15. The van der Waals surface area contributed by atoms with E-state index in [0.717, 1.165) is 60.7 Å². The van der Waals surface area contributed by atoms with E-state index in [2.05, 4.69) is 133 Å². The van der Waals surface area contributed by atoms with E-state index in [1.807, 2.05) is 30.3 Å². The monoisotopic (exact) mass is 601 g/mol. The first-order valence-electron chi connectivity index (χ1n) is 15.7. The summed E-state index contributed by atoms with van der Waals surface area (Å²) in [4.78, 5) is 15.0. The molecule has 2 heterocycles. The zero-order valence-corrected chi connectivity index (χ0v) is 25.3. The third-order valence-electron chi connectivity index (χ3n) is 8.75. The van der Waals surface area contributed by atoms with Crippen LogP contribution in [0.2, 0.25) is 0 Å². The number of rotatable bonds is 5. The molecule has 0 saturated carbocycles. The minimum atomic E-state index is 0.629. The van der Waals surface area contributed by atoms with Crippen LogP contribution in [0.1, 0.15) is 0 Å². The molecule has 0 atom stereocenters. The Balaban J connectivity index is 1.15. The van der Waals surface area contributed by atoms with Crippen molar-refractivity contribution in [1.82, 2.24) is 15.0 Å². The van der Waals surface area contributed by atoms with E-state index in [1.165, 1.54) is 10.9 Å². The molecule has 47 heavy (non-hydrogen) atoms. The van der Waals surface area contributed by atoms with Gasteiger partial charge in [0.2, 0.25) is 0 Å². The summed E-state index contributed by atoms with van der Waals surface area (Å²) in [7, 11) is 0. The lowest BCUT2D eigenvalue weighted by atomic mass is 9.98. The zero-order valence-electron chi connectivity index (χ0n) is 25.3. The summed E-state index contributed by atoms with van der Waals surface area (Å²) in [6, 6.07) is 56.4. The summed E-state index contributed by atoms with van der Waals surface area (Å²) in [6.45, 7) is 0. The second-order valence-electron chi connectivity index (χ2n) is 11.7. The fourth-order valence-corrected chi connectivity index (χ4v) is 6.35. The van der Waals surface area contributed by atoms with E-state index in [1.54, 1.807) is 0 Å². The molecule has 7 aromatic carbocycles. The van der Waals surface area contributed by atoms with Crippen molar-refractivity contribution in [2.45, 2.75) is 0 Å². The standard InChI is InChI=1S/C43H27N3O/c1-2-9-28(10-3-1)30-17-22-32(23-18-30)41-44-42(46-43(45-41)35-26-19-29-11-4-5-12-34(29)27-35)33-24-20-31(21-25-33)36-14-8-16-39-40(36)37-13-6-7-15-38(37)47-39/h1-27H. The Morgan fingerprint density at radius 3 is 1.62 bits per heavy atom. The summed E-state index contributed by atoms with van der Waals surface area (Å²) in [5.41, 5.74) is 9.13. The molecule has 9 aromatic rings. The van der Waals surface area contributed by atoms with Crippen LogP contribution in [0.15, 0.2) is 168 Å². The molecule has 0 unspecified atom stereocenters. The third kappa shape index (κ3) is 4.93. The number of hydrogen-bond acceptors (Lipinski definition) is 4. The molecular weight excluding hydrogens is 574 g/mol. The van der Waals surface area contributed by atoms with Crippen molar-refractivity contribution in [2.24, 2.45) is 0 Å². The Morgan fingerprint density at radius 1 is 0.340 bits per heavy atom. The Hall–Kier alpha value is -6.39. The van der Waals surface area contributed by atoms with Crippen LogP contribution in [0.3, 0.4) is 0 Å². The Morgan fingerprint density at radius 2 is 0.872 bits per heavy atom. The molecule has 0 amide bonds. The van der Waals surface area contributed by atoms with Crippen LogP contribution in [0.4, 0.5) is 0 Å². The first-order chi connectivity index (χ1) is 23.3. The number of aromatic nitrogens is 3. The van der Waals surface area contributed by atoms with Gasteiger partial charge in [0, 0.05) is 27.5 Å². The second-order valence-corrected chi connectivity index (χ2v) is 11.7. The van der Waals surface area contributed by atoms with Gasteiger partial charge >= 0.3 is 0 Å². The van der Waals surface area contributed by atoms with Crippen LogP contribution in [0, 0.1) is 0 Å². The molecule has 0 aliphatic heterocycles. The summed E-state index contributed by atoms with van der Waals surface area (Å²) in [5.74, 6) is 1.90. The summed E-state index contributed by atoms with van der Waals surface area (Å²) >= 11 is 0. The zero-order chi connectivity index (χ0) is 31.2. The molecule has 0 aliphatic carbocycles. The number of para-hydroxylation sites is 1. The minimum Gasteiger partial charge on any atom is -0.456 e. The van der Waals surface area contributed by atoms with Gasteiger partial charge in [-0.3, -0.25) is 0 Å². The molecule has 0 saturated heterocycles. The van der Waals surface area contributed by atoms with E-state index in [0.29, 0.717) is 17.5 Å². The maximum absolute atomic E-state index is 6.15. The molecule has 4 nitrogen and oxygen atoms in total. The molecule has 0 aliphatic rings. The Bertz CT molecular complexity index is 2550. The van der Waals surface area contributed by atoms with Crippen molar-refractivity contribution < 1.29 is 4.42 Å². The van der Waals surface area contributed by atoms with Gasteiger partial charge in [0.25, 0.3) is 0 Å². The van der Waals surface area contributed by atoms with E-state index < -0.39 is 0 Å². The lowest BCUT2D eigenvalue weighted by Crippen LogP contribution is -2.00.